The van der Waals surface area contributed by atoms with E-state index in [0.717, 1.165) is 5.56 Å². The van der Waals surface area contributed by atoms with Gasteiger partial charge in [0.1, 0.15) is 0 Å². The lowest BCUT2D eigenvalue weighted by Gasteiger charge is -2.13. The van der Waals surface area contributed by atoms with Crippen molar-refractivity contribution in [3.05, 3.63) is 95.6 Å². The summed E-state index contributed by atoms with van der Waals surface area (Å²) in [6, 6.07) is 23.6. The Kier molecular flexibility index (Phi) is 5.05. The monoisotopic (exact) mass is 330 g/mol. The fourth-order valence-corrected chi connectivity index (χ4v) is 2.77. The van der Waals surface area contributed by atoms with Crippen LogP contribution in [0.4, 0.5) is 0 Å². The second-order valence-electron chi connectivity index (χ2n) is 5.51. The van der Waals surface area contributed by atoms with Crippen LogP contribution in [0.5, 0.6) is 0 Å². The number of hydrogen-bond acceptors (Lipinski definition) is 3. The number of ketones is 1. The van der Waals surface area contributed by atoms with Gasteiger partial charge in [0.2, 0.25) is 0 Å². The van der Waals surface area contributed by atoms with Crippen LogP contribution >= 0.6 is 0 Å². The van der Waals surface area contributed by atoms with Gasteiger partial charge in [-0.05, 0) is 24.1 Å². The van der Waals surface area contributed by atoms with Crippen LogP contribution < -0.4 is 0 Å². The van der Waals surface area contributed by atoms with Gasteiger partial charge >= 0.3 is 5.97 Å². The third kappa shape index (κ3) is 3.50. The summed E-state index contributed by atoms with van der Waals surface area (Å²) in [7, 11) is 0. The molecule has 25 heavy (non-hydrogen) atoms. The van der Waals surface area contributed by atoms with Gasteiger partial charge in [-0.1, -0.05) is 72.8 Å². The van der Waals surface area contributed by atoms with Gasteiger partial charge in [-0.3, -0.25) is 4.79 Å². The second kappa shape index (κ2) is 7.58. The molecular weight excluding hydrogens is 312 g/mol. The number of rotatable bonds is 5. The lowest BCUT2D eigenvalue weighted by molar-refractivity contribution is 0.0527. The quantitative estimate of drug-likeness (QED) is 0.500. The Bertz CT molecular complexity index is 898. The Morgan fingerprint density at radius 3 is 1.88 bits per heavy atom. The molecular formula is C22H18O3. The maximum atomic E-state index is 12.9. The van der Waals surface area contributed by atoms with Crippen LogP contribution in [-0.4, -0.2) is 18.4 Å². The Morgan fingerprint density at radius 2 is 1.24 bits per heavy atom. The number of hydrogen-bond donors (Lipinski definition) is 0. The molecule has 0 aromatic heterocycles. The van der Waals surface area contributed by atoms with E-state index in [0.29, 0.717) is 28.9 Å². The van der Waals surface area contributed by atoms with E-state index in [1.54, 1.807) is 37.3 Å². The molecule has 3 aromatic carbocycles. The molecule has 0 aliphatic carbocycles. The van der Waals surface area contributed by atoms with Crippen molar-refractivity contribution in [3.8, 4) is 11.1 Å². The van der Waals surface area contributed by atoms with Crippen molar-refractivity contribution in [2.75, 3.05) is 6.61 Å². The van der Waals surface area contributed by atoms with Crippen LogP contribution in [-0.2, 0) is 4.74 Å². The van der Waals surface area contributed by atoms with E-state index in [-0.39, 0.29) is 11.8 Å². The van der Waals surface area contributed by atoms with E-state index in [1.165, 1.54) is 0 Å². The molecule has 3 nitrogen and oxygen atoms in total. The Hall–Kier alpha value is -3.20. The van der Waals surface area contributed by atoms with Crippen LogP contribution in [0.3, 0.4) is 0 Å². The van der Waals surface area contributed by atoms with Crippen molar-refractivity contribution in [1.29, 1.82) is 0 Å². The van der Waals surface area contributed by atoms with E-state index in [1.807, 2.05) is 48.5 Å². The van der Waals surface area contributed by atoms with Crippen LogP contribution in [0.2, 0.25) is 0 Å². The molecule has 0 bridgehead atoms. The number of esters is 1. The molecule has 0 heterocycles. The van der Waals surface area contributed by atoms with Gasteiger partial charge in [0.15, 0.2) is 5.78 Å². The van der Waals surface area contributed by atoms with Crippen LogP contribution in [0.1, 0.15) is 33.2 Å². The summed E-state index contributed by atoms with van der Waals surface area (Å²) in [5.41, 5.74) is 3.05. The molecule has 0 spiro atoms. The minimum absolute atomic E-state index is 0.0742. The summed E-state index contributed by atoms with van der Waals surface area (Å²) in [5.74, 6) is -0.463. The maximum absolute atomic E-state index is 12.9. The molecule has 0 radical (unpaired) electrons. The normalized spacial score (nSPS) is 10.3. The lowest BCUT2D eigenvalue weighted by atomic mass is 9.91. The summed E-state index contributed by atoms with van der Waals surface area (Å²) in [5, 5.41) is 0. The first-order valence-corrected chi connectivity index (χ1v) is 8.17. The van der Waals surface area contributed by atoms with Crippen molar-refractivity contribution < 1.29 is 14.3 Å². The van der Waals surface area contributed by atoms with Crippen molar-refractivity contribution in [2.24, 2.45) is 0 Å². The summed E-state index contributed by atoms with van der Waals surface area (Å²) >= 11 is 0. The van der Waals surface area contributed by atoms with Gasteiger partial charge in [-0.25, -0.2) is 4.79 Å². The molecule has 0 atom stereocenters. The minimum Gasteiger partial charge on any atom is -0.462 e. The topological polar surface area (TPSA) is 43.4 Å². The average Bonchev–Trinajstić information content (AvgIpc) is 2.68. The standard InChI is InChI=1S/C22H18O3/c1-2-25-22(24)20-15-9-7-13-18(20)17-12-6-8-14-19(17)21(23)16-10-4-3-5-11-16/h3-15H,2H2,1H3. The van der Waals surface area contributed by atoms with Crippen molar-refractivity contribution in [2.45, 2.75) is 6.92 Å². The fourth-order valence-electron chi connectivity index (χ4n) is 2.77. The molecule has 0 N–H and O–H groups in total. The summed E-state index contributed by atoms with van der Waals surface area (Å²) < 4.78 is 5.15. The highest BCUT2D eigenvalue weighted by molar-refractivity contribution is 6.14. The molecule has 0 aliphatic rings. The maximum Gasteiger partial charge on any atom is 0.338 e. The highest BCUT2D eigenvalue weighted by atomic mass is 16.5. The van der Waals surface area contributed by atoms with E-state index in [9.17, 15) is 9.59 Å². The first kappa shape index (κ1) is 16.7. The first-order valence-electron chi connectivity index (χ1n) is 8.17. The highest BCUT2D eigenvalue weighted by Gasteiger charge is 2.19. The summed E-state index contributed by atoms with van der Waals surface area (Å²) in [4.78, 5) is 25.2. The third-order valence-electron chi connectivity index (χ3n) is 3.92. The number of ether oxygens (including phenoxy) is 1. The van der Waals surface area contributed by atoms with Gasteiger partial charge < -0.3 is 4.74 Å². The third-order valence-corrected chi connectivity index (χ3v) is 3.92. The Morgan fingerprint density at radius 1 is 0.720 bits per heavy atom. The SMILES string of the molecule is CCOC(=O)c1ccccc1-c1ccccc1C(=O)c1ccccc1. The average molecular weight is 330 g/mol. The predicted molar refractivity (Wildman–Crippen MR) is 97.7 cm³/mol. The molecule has 3 heteroatoms. The molecule has 0 saturated carbocycles. The second-order valence-corrected chi connectivity index (χ2v) is 5.51. The van der Waals surface area contributed by atoms with Crippen LogP contribution in [0.15, 0.2) is 78.9 Å². The molecule has 0 fully saturated rings. The largest absolute Gasteiger partial charge is 0.462 e. The van der Waals surface area contributed by atoms with Gasteiger partial charge in [0.05, 0.1) is 12.2 Å². The van der Waals surface area contributed by atoms with Crippen LogP contribution in [0, 0.1) is 0 Å². The molecule has 3 aromatic rings. The molecule has 124 valence electrons. The van der Waals surface area contributed by atoms with E-state index in [2.05, 4.69) is 0 Å². The van der Waals surface area contributed by atoms with Crippen molar-refractivity contribution in [1.82, 2.24) is 0 Å². The molecule has 0 saturated heterocycles. The molecule has 3 rings (SSSR count). The fraction of sp³-hybridized carbons (Fsp3) is 0.0909. The van der Waals surface area contributed by atoms with Crippen LogP contribution in [0.25, 0.3) is 11.1 Å². The zero-order valence-electron chi connectivity index (χ0n) is 13.9. The number of carbonyl (C=O) groups excluding carboxylic acids is 2. The zero-order chi connectivity index (χ0) is 17.6. The van der Waals surface area contributed by atoms with E-state index in [4.69, 9.17) is 4.74 Å². The minimum atomic E-state index is -0.389. The van der Waals surface area contributed by atoms with Crippen molar-refractivity contribution >= 4 is 11.8 Å². The molecule has 0 amide bonds. The summed E-state index contributed by atoms with van der Waals surface area (Å²) in [6.45, 7) is 2.07. The Labute approximate surface area is 146 Å². The van der Waals surface area contributed by atoms with E-state index < -0.39 is 0 Å². The van der Waals surface area contributed by atoms with Gasteiger partial charge in [-0.2, -0.15) is 0 Å². The molecule has 0 aliphatic heterocycles. The van der Waals surface area contributed by atoms with Crippen molar-refractivity contribution in [3.63, 3.8) is 0 Å². The van der Waals surface area contributed by atoms with E-state index >= 15 is 0 Å². The lowest BCUT2D eigenvalue weighted by Crippen LogP contribution is -2.08. The highest BCUT2D eigenvalue weighted by Crippen LogP contribution is 2.29. The van der Waals surface area contributed by atoms with Gasteiger partial charge in [0.25, 0.3) is 0 Å². The molecule has 0 unspecified atom stereocenters. The zero-order valence-corrected chi connectivity index (χ0v) is 13.9. The smallest absolute Gasteiger partial charge is 0.338 e. The number of carbonyl (C=O) groups is 2. The van der Waals surface area contributed by atoms with Gasteiger partial charge in [0, 0.05) is 11.1 Å². The van der Waals surface area contributed by atoms with Gasteiger partial charge in [-0.15, -0.1) is 0 Å². The summed E-state index contributed by atoms with van der Waals surface area (Å²) in [6.07, 6.45) is 0. The first-order chi connectivity index (χ1) is 12.2. The Balaban J connectivity index is 2.12. The predicted octanol–water partition coefficient (Wildman–Crippen LogP) is 4.76. The number of benzene rings is 3.